The first-order valence-electron chi connectivity index (χ1n) is 10.4. The van der Waals surface area contributed by atoms with E-state index in [1.54, 1.807) is 0 Å². The van der Waals surface area contributed by atoms with Crippen molar-refractivity contribution in [3.63, 3.8) is 0 Å². The van der Waals surface area contributed by atoms with E-state index in [9.17, 15) is 4.79 Å². The van der Waals surface area contributed by atoms with Gasteiger partial charge in [-0.2, -0.15) is 0 Å². The lowest BCUT2D eigenvalue weighted by Crippen LogP contribution is -2.32. The highest BCUT2D eigenvalue weighted by Crippen LogP contribution is 2.30. The number of rotatable bonds is 7. The van der Waals surface area contributed by atoms with Gasteiger partial charge in [0.1, 0.15) is 0 Å². The predicted octanol–water partition coefficient (Wildman–Crippen LogP) is 3.51. The van der Waals surface area contributed by atoms with Crippen molar-refractivity contribution in [1.82, 2.24) is 15.2 Å². The summed E-state index contributed by atoms with van der Waals surface area (Å²) in [7, 11) is 2.18. The molecule has 0 radical (unpaired) electrons. The van der Waals surface area contributed by atoms with Crippen LogP contribution >= 0.6 is 0 Å². The van der Waals surface area contributed by atoms with E-state index < -0.39 is 0 Å². The molecule has 1 aromatic rings. The second-order valence-electron chi connectivity index (χ2n) is 7.93. The maximum Gasteiger partial charge on any atom is 0.223 e. The number of pyridine rings is 1. The number of amides is 1. The number of ether oxygens (including phenoxy) is 1. The van der Waals surface area contributed by atoms with Crippen molar-refractivity contribution in [1.29, 1.82) is 0 Å². The summed E-state index contributed by atoms with van der Waals surface area (Å²) in [6.07, 6.45) is 10.2. The lowest BCUT2D eigenvalue weighted by atomic mass is 9.86. The van der Waals surface area contributed by atoms with Gasteiger partial charge < -0.3 is 15.0 Å². The van der Waals surface area contributed by atoms with Gasteiger partial charge in [0.15, 0.2) is 0 Å². The highest BCUT2D eigenvalue weighted by Gasteiger charge is 2.22. The summed E-state index contributed by atoms with van der Waals surface area (Å²) in [6, 6.07) is 4.07. The standard InChI is InChI=1S/C22H33N3O2/c1-3-12-23-22(26)19-6-4-18(5-7-19)20-8-9-21(24-15-20)27-16-17-10-13-25(2)14-11-17/h4,8-9,15,17,19H,3,5-7,10-14,16H2,1-2H3,(H,23,26). The molecule has 0 bridgehead atoms. The normalized spacial score (nSPS) is 21.6. The number of nitrogens with one attached hydrogen (secondary N) is 1. The third kappa shape index (κ3) is 5.80. The third-order valence-corrected chi connectivity index (χ3v) is 5.74. The molecule has 1 N–H and O–H groups in total. The summed E-state index contributed by atoms with van der Waals surface area (Å²) >= 11 is 0. The molecule has 0 aromatic carbocycles. The molecular weight excluding hydrogens is 338 g/mol. The van der Waals surface area contributed by atoms with Gasteiger partial charge in [0.25, 0.3) is 0 Å². The fourth-order valence-corrected chi connectivity index (χ4v) is 3.81. The van der Waals surface area contributed by atoms with E-state index in [0.29, 0.717) is 11.8 Å². The highest BCUT2D eigenvalue weighted by atomic mass is 16.5. The molecule has 1 aliphatic carbocycles. The van der Waals surface area contributed by atoms with E-state index in [2.05, 4.69) is 41.3 Å². The smallest absolute Gasteiger partial charge is 0.223 e. The minimum atomic E-state index is 0.116. The molecular formula is C22H33N3O2. The van der Waals surface area contributed by atoms with Crippen LogP contribution in [0.1, 0.15) is 51.0 Å². The molecule has 27 heavy (non-hydrogen) atoms. The Morgan fingerprint density at radius 2 is 2.11 bits per heavy atom. The monoisotopic (exact) mass is 371 g/mol. The summed E-state index contributed by atoms with van der Waals surface area (Å²) in [5.74, 6) is 1.67. The Kier molecular flexibility index (Phi) is 7.27. The number of nitrogens with zero attached hydrogens (tertiary/aromatic N) is 2. The summed E-state index contributed by atoms with van der Waals surface area (Å²) in [4.78, 5) is 19.0. The van der Waals surface area contributed by atoms with Crippen molar-refractivity contribution in [3.05, 3.63) is 30.0 Å². The molecule has 1 aromatic heterocycles. The van der Waals surface area contributed by atoms with Gasteiger partial charge in [-0.05, 0) is 81.8 Å². The average molecular weight is 372 g/mol. The van der Waals surface area contributed by atoms with Crippen molar-refractivity contribution in [2.45, 2.75) is 45.4 Å². The predicted molar refractivity (Wildman–Crippen MR) is 109 cm³/mol. The van der Waals surface area contributed by atoms with E-state index in [-0.39, 0.29) is 11.8 Å². The Bertz CT molecular complexity index is 633. The second kappa shape index (κ2) is 9.88. The summed E-state index contributed by atoms with van der Waals surface area (Å²) < 4.78 is 5.91. The first kappa shape index (κ1) is 19.9. The van der Waals surface area contributed by atoms with Gasteiger partial charge in [-0.3, -0.25) is 4.79 Å². The number of hydrogen-bond donors (Lipinski definition) is 1. The van der Waals surface area contributed by atoms with Crippen LogP contribution in [-0.2, 0) is 4.79 Å². The molecule has 0 spiro atoms. The van der Waals surface area contributed by atoms with Gasteiger partial charge in [-0.1, -0.05) is 13.0 Å². The van der Waals surface area contributed by atoms with Gasteiger partial charge in [-0.25, -0.2) is 4.98 Å². The molecule has 3 rings (SSSR count). The van der Waals surface area contributed by atoms with E-state index >= 15 is 0 Å². The van der Waals surface area contributed by atoms with Crippen molar-refractivity contribution < 1.29 is 9.53 Å². The molecule has 1 unspecified atom stereocenters. The number of carbonyl (C=O) groups excluding carboxylic acids is 1. The van der Waals surface area contributed by atoms with E-state index in [1.807, 2.05) is 12.3 Å². The van der Waals surface area contributed by atoms with Crippen molar-refractivity contribution >= 4 is 11.5 Å². The first-order chi connectivity index (χ1) is 13.2. The van der Waals surface area contributed by atoms with E-state index in [0.717, 1.165) is 57.5 Å². The lowest BCUT2D eigenvalue weighted by molar-refractivity contribution is -0.125. The SMILES string of the molecule is CCCNC(=O)C1CC=C(c2ccc(OCC3CCN(C)CC3)nc2)CC1. The van der Waals surface area contributed by atoms with Crippen LogP contribution in [0.2, 0.25) is 0 Å². The number of piperidine rings is 1. The van der Waals surface area contributed by atoms with E-state index in [4.69, 9.17) is 4.74 Å². The molecule has 2 aliphatic rings. The third-order valence-electron chi connectivity index (χ3n) is 5.74. The number of carbonyl (C=O) groups is 1. The van der Waals surface area contributed by atoms with E-state index in [1.165, 1.54) is 18.4 Å². The quantitative estimate of drug-likeness (QED) is 0.797. The number of allylic oxidation sites excluding steroid dienone is 2. The van der Waals surface area contributed by atoms with Gasteiger partial charge in [0, 0.05) is 24.7 Å². The average Bonchev–Trinajstić information content (AvgIpc) is 2.72. The molecule has 2 heterocycles. The van der Waals surface area contributed by atoms with Crippen LogP contribution in [0.5, 0.6) is 5.88 Å². The molecule has 5 nitrogen and oxygen atoms in total. The molecule has 1 amide bonds. The largest absolute Gasteiger partial charge is 0.477 e. The molecule has 0 saturated carbocycles. The zero-order valence-electron chi connectivity index (χ0n) is 16.7. The minimum Gasteiger partial charge on any atom is -0.477 e. The van der Waals surface area contributed by atoms with Crippen molar-refractivity contribution in [3.8, 4) is 5.88 Å². The van der Waals surface area contributed by atoms with Crippen LogP contribution in [0.25, 0.3) is 5.57 Å². The topological polar surface area (TPSA) is 54.5 Å². The Labute approximate surface area is 163 Å². The zero-order chi connectivity index (χ0) is 19.1. The highest BCUT2D eigenvalue weighted by molar-refractivity contribution is 5.80. The Hall–Kier alpha value is -1.88. The molecule has 1 fully saturated rings. The number of aromatic nitrogens is 1. The van der Waals surface area contributed by atoms with Crippen molar-refractivity contribution in [2.24, 2.45) is 11.8 Å². The number of hydrogen-bond acceptors (Lipinski definition) is 4. The Morgan fingerprint density at radius 1 is 1.30 bits per heavy atom. The molecule has 1 atom stereocenters. The maximum absolute atomic E-state index is 12.1. The Morgan fingerprint density at radius 3 is 2.74 bits per heavy atom. The van der Waals surface area contributed by atoms with Gasteiger partial charge >= 0.3 is 0 Å². The second-order valence-corrected chi connectivity index (χ2v) is 7.93. The molecule has 1 aliphatic heterocycles. The summed E-state index contributed by atoms with van der Waals surface area (Å²) in [5.41, 5.74) is 2.44. The molecule has 1 saturated heterocycles. The summed E-state index contributed by atoms with van der Waals surface area (Å²) in [5, 5.41) is 3.01. The number of likely N-dealkylation sites (tertiary alicyclic amines) is 1. The van der Waals surface area contributed by atoms with Gasteiger partial charge in [0.05, 0.1) is 6.61 Å². The van der Waals surface area contributed by atoms with Gasteiger partial charge in [-0.15, -0.1) is 0 Å². The maximum atomic E-state index is 12.1. The van der Waals surface area contributed by atoms with Gasteiger partial charge in [0.2, 0.25) is 11.8 Å². The van der Waals surface area contributed by atoms with Crippen LogP contribution in [0.4, 0.5) is 0 Å². The Balaban J connectivity index is 1.47. The van der Waals surface area contributed by atoms with Crippen LogP contribution in [-0.4, -0.2) is 49.1 Å². The lowest BCUT2D eigenvalue weighted by Gasteiger charge is -2.28. The van der Waals surface area contributed by atoms with Crippen LogP contribution in [0.3, 0.4) is 0 Å². The van der Waals surface area contributed by atoms with Crippen LogP contribution < -0.4 is 10.1 Å². The molecule has 5 heteroatoms. The fraction of sp³-hybridized carbons (Fsp3) is 0.636. The van der Waals surface area contributed by atoms with Crippen molar-refractivity contribution in [2.75, 3.05) is 33.3 Å². The minimum absolute atomic E-state index is 0.116. The van der Waals surface area contributed by atoms with Crippen LogP contribution in [0.15, 0.2) is 24.4 Å². The zero-order valence-corrected chi connectivity index (χ0v) is 16.7. The molecule has 148 valence electrons. The van der Waals surface area contributed by atoms with Crippen LogP contribution in [0, 0.1) is 11.8 Å². The fourth-order valence-electron chi connectivity index (χ4n) is 3.81. The first-order valence-corrected chi connectivity index (χ1v) is 10.4. The summed E-state index contributed by atoms with van der Waals surface area (Å²) in [6.45, 7) is 5.93.